The first-order valence-corrected chi connectivity index (χ1v) is 14.1. The van der Waals surface area contributed by atoms with E-state index < -0.39 is 53.7 Å². The molecule has 230 valence electrons. The molecule has 4 rings (SSSR count). The van der Waals surface area contributed by atoms with E-state index in [0.717, 1.165) is 16.7 Å². The van der Waals surface area contributed by atoms with Gasteiger partial charge < -0.3 is 34.2 Å². The maximum absolute atomic E-state index is 12.6. The van der Waals surface area contributed by atoms with Gasteiger partial charge in [-0.05, 0) is 23.6 Å². The van der Waals surface area contributed by atoms with Gasteiger partial charge in [0.15, 0.2) is 6.10 Å². The molecule has 43 heavy (non-hydrogen) atoms. The smallest absolute Gasteiger partial charge is 0.325 e. The maximum Gasteiger partial charge on any atom is 0.325 e. The van der Waals surface area contributed by atoms with Crippen LogP contribution in [0.2, 0.25) is 0 Å². The highest BCUT2D eigenvalue weighted by Crippen LogP contribution is 2.31. The summed E-state index contributed by atoms with van der Waals surface area (Å²) in [5.41, 5.74) is 8.65. The second-order valence-corrected chi connectivity index (χ2v) is 10.2. The molecule has 0 saturated carbocycles. The van der Waals surface area contributed by atoms with E-state index >= 15 is 0 Å². The lowest BCUT2D eigenvalue weighted by Gasteiger charge is -2.43. The first kappa shape index (κ1) is 32.2. The zero-order valence-electron chi connectivity index (χ0n) is 24.2. The van der Waals surface area contributed by atoms with Crippen molar-refractivity contribution in [3.8, 4) is 0 Å². The molecule has 3 aromatic rings. The molecule has 3 aromatic carbocycles. The number of methoxy groups -OCH3 is 1. The van der Waals surface area contributed by atoms with Crippen molar-refractivity contribution in [3.63, 3.8) is 0 Å². The molecular weight excluding hydrogens is 556 g/mol. The number of carbonyl (C=O) groups is 1. The zero-order valence-corrected chi connectivity index (χ0v) is 24.2. The van der Waals surface area contributed by atoms with Crippen LogP contribution >= 0.6 is 0 Å². The van der Waals surface area contributed by atoms with Gasteiger partial charge in [-0.25, -0.2) is 0 Å². The monoisotopic (exact) mass is 594 g/mol. The number of esters is 1. The Morgan fingerprint density at radius 3 is 1.84 bits per heavy atom. The van der Waals surface area contributed by atoms with Crippen molar-refractivity contribution >= 4 is 5.97 Å². The highest BCUT2D eigenvalue weighted by molar-refractivity contribution is 5.76. The van der Waals surface area contributed by atoms with E-state index in [-0.39, 0.29) is 26.4 Å². The average Bonchev–Trinajstić information content (AvgIpc) is 3.03. The highest BCUT2D eigenvalue weighted by Gasteiger charge is 2.55. The third kappa shape index (κ3) is 9.14. The number of nitrogens with two attached hydrogens (primary N) is 1. The minimum absolute atomic E-state index is 0.0290. The molecule has 1 heterocycles. The molecule has 0 bridgehead atoms. The Morgan fingerprint density at radius 1 is 0.860 bits per heavy atom. The summed E-state index contributed by atoms with van der Waals surface area (Å²) in [4.78, 5) is 24.2. The topological polar surface area (TPSA) is 142 Å². The van der Waals surface area contributed by atoms with Gasteiger partial charge in [-0.3, -0.25) is 14.9 Å². The third-order valence-electron chi connectivity index (χ3n) is 7.15. The number of nitro groups is 1. The van der Waals surface area contributed by atoms with Crippen LogP contribution < -0.4 is 5.73 Å². The molecule has 1 saturated heterocycles. The fraction of sp³-hybridized carbons (Fsp3) is 0.406. The Hall–Kier alpha value is -3.71. The normalized spacial score (nSPS) is 23.3. The summed E-state index contributed by atoms with van der Waals surface area (Å²) >= 11 is 0. The van der Waals surface area contributed by atoms with Crippen molar-refractivity contribution in [1.82, 2.24) is 0 Å². The first-order chi connectivity index (χ1) is 20.9. The number of carbonyl (C=O) groups excluding carboxylic acids is 1. The van der Waals surface area contributed by atoms with Crippen LogP contribution in [0.4, 0.5) is 0 Å². The van der Waals surface area contributed by atoms with Crippen LogP contribution in [0, 0.1) is 10.1 Å². The highest BCUT2D eigenvalue weighted by atomic mass is 16.7. The van der Waals surface area contributed by atoms with Gasteiger partial charge in [0.25, 0.3) is 6.04 Å². The largest absolute Gasteiger partial charge is 0.468 e. The Kier molecular flexibility index (Phi) is 12.2. The van der Waals surface area contributed by atoms with Crippen molar-refractivity contribution < 1.29 is 38.1 Å². The van der Waals surface area contributed by atoms with E-state index in [9.17, 15) is 14.9 Å². The molecule has 1 aliphatic rings. The fourth-order valence-electron chi connectivity index (χ4n) is 4.78. The maximum atomic E-state index is 12.6. The third-order valence-corrected chi connectivity index (χ3v) is 7.15. The second kappa shape index (κ2) is 16.2. The Bertz CT molecular complexity index is 1270. The van der Waals surface area contributed by atoms with Crippen LogP contribution in [0.25, 0.3) is 0 Å². The van der Waals surface area contributed by atoms with Crippen molar-refractivity contribution in [2.45, 2.75) is 69.5 Å². The Morgan fingerprint density at radius 2 is 1.35 bits per heavy atom. The lowest BCUT2D eigenvalue weighted by molar-refractivity contribution is -0.578. The van der Waals surface area contributed by atoms with Gasteiger partial charge in [0.2, 0.25) is 6.29 Å². The van der Waals surface area contributed by atoms with Crippen LogP contribution in [0.1, 0.15) is 23.6 Å². The van der Waals surface area contributed by atoms with Gasteiger partial charge in [0.1, 0.15) is 18.2 Å². The summed E-state index contributed by atoms with van der Waals surface area (Å²) in [6.07, 6.45) is -5.23. The molecular formula is C32H38N2O9. The minimum Gasteiger partial charge on any atom is -0.468 e. The molecule has 11 nitrogen and oxygen atoms in total. The number of rotatable bonds is 15. The number of hydrogen-bond acceptors (Lipinski definition) is 10. The van der Waals surface area contributed by atoms with E-state index in [1.54, 1.807) is 0 Å². The lowest BCUT2D eigenvalue weighted by Crippen LogP contribution is -2.64. The molecule has 0 aliphatic carbocycles. The summed E-state index contributed by atoms with van der Waals surface area (Å²) in [6, 6.07) is 25.7. The molecule has 0 unspecified atom stereocenters. The molecule has 0 amide bonds. The van der Waals surface area contributed by atoms with E-state index in [2.05, 4.69) is 0 Å². The van der Waals surface area contributed by atoms with Gasteiger partial charge in [-0.15, -0.1) is 0 Å². The summed E-state index contributed by atoms with van der Waals surface area (Å²) in [7, 11) is 1.20. The number of ether oxygens (including phenoxy) is 6. The summed E-state index contributed by atoms with van der Waals surface area (Å²) < 4.78 is 35.5. The Labute approximate surface area is 250 Å². The molecule has 11 heteroatoms. The van der Waals surface area contributed by atoms with Crippen molar-refractivity contribution in [2.24, 2.45) is 5.73 Å². The quantitative estimate of drug-likeness (QED) is 0.157. The first-order valence-electron chi connectivity index (χ1n) is 14.1. The predicted octanol–water partition coefficient (Wildman–Crippen LogP) is 3.65. The van der Waals surface area contributed by atoms with Crippen molar-refractivity contribution in [1.29, 1.82) is 0 Å². The van der Waals surface area contributed by atoms with Crippen molar-refractivity contribution in [2.75, 3.05) is 13.7 Å². The van der Waals surface area contributed by atoms with Gasteiger partial charge >= 0.3 is 5.97 Å². The standard InChI is InChI=1S/C32H38N2O9/c1-22(27(33)31(35)38-2)42-32-28(34(36)37)30(41-20-25-16-10-5-11-17-25)29(40-19-24-14-8-4-9-15-24)26(43-32)21-39-18-23-12-6-3-7-13-23/h3-17,22,26-30,32H,18-21,33H2,1-2H3/t22-,26-,27+,28-,29+,30-,32+/m1/s1. The van der Waals surface area contributed by atoms with Gasteiger partial charge in [-0.1, -0.05) is 91.0 Å². The SMILES string of the molecule is COC(=O)[C@@H](N)[C@@H](C)O[C@H]1O[C@H](COCc2ccccc2)[C@H](OCc2ccccc2)[C@H](OCc2ccccc2)[C@H]1[N+](=O)[O-]. The average molecular weight is 595 g/mol. The van der Waals surface area contributed by atoms with E-state index in [1.807, 2.05) is 91.0 Å². The van der Waals surface area contributed by atoms with Crippen LogP contribution in [0.3, 0.4) is 0 Å². The van der Waals surface area contributed by atoms with Gasteiger partial charge in [0.05, 0.1) is 39.6 Å². The molecule has 7 atom stereocenters. The second-order valence-electron chi connectivity index (χ2n) is 10.2. The number of nitrogens with zero attached hydrogens (tertiary/aromatic N) is 1. The minimum atomic E-state index is -1.51. The molecule has 0 aromatic heterocycles. The Balaban J connectivity index is 1.63. The molecule has 2 N–H and O–H groups in total. The zero-order chi connectivity index (χ0) is 30.6. The van der Waals surface area contributed by atoms with E-state index in [1.165, 1.54) is 14.0 Å². The van der Waals surface area contributed by atoms with Crippen molar-refractivity contribution in [3.05, 3.63) is 118 Å². The van der Waals surface area contributed by atoms with Gasteiger partial charge in [-0.2, -0.15) is 0 Å². The van der Waals surface area contributed by atoms with Gasteiger partial charge in [0, 0.05) is 4.92 Å². The van der Waals surface area contributed by atoms with E-state index in [0.29, 0.717) is 0 Å². The van der Waals surface area contributed by atoms with Crippen LogP contribution in [-0.2, 0) is 53.0 Å². The summed E-state index contributed by atoms with van der Waals surface area (Å²) in [5, 5.41) is 12.6. The number of benzene rings is 3. The molecule has 1 fully saturated rings. The lowest BCUT2D eigenvalue weighted by atomic mass is 9.96. The number of hydrogen-bond donors (Lipinski definition) is 1. The molecule has 0 radical (unpaired) electrons. The van der Waals surface area contributed by atoms with Crippen LogP contribution in [0.5, 0.6) is 0 Å². The molecule has 1 aliphatic heterocycles. The molecule has 0 spiro atoms. The van der Waals surface area contributed by atoms with Crippen LogP contribution in [0.15, 0.2) is 91.0 Å². The van der Waals surface area contributed by atoms with E-state index in [4.69, 9.17) is 34.2 Å². The predicted molar refractivity (Wildman–Crippen MR) is 156 cm³/mol. The summed E-state index contributed by atoms with van der Waals surface area (Å²) in [5.74, 6) is -0.718. The fourth-order valence-corrected chi connectivity index (χ4v) is 4.78. The summed E-state index contributed by atoms with van der Waals surface area (Å²) in [6.45, 7) is 2.09. The van der Waals surface area contributed by atoms with Crippen LogP contribution in [-0.4, -0.2) is 67.4 Å².